The van der Waals surface area contributed by atoms with E-state index in [4.69, 9.17) is 17.3 Å². The van der Waals surface area contributed by atoms with Gasteiger partial charge in [0.05, 0.1) is 5.56 Å². The summed E-state index contributed by atoms with van der Waals surface area (Å²) in [6, 6.07) is 6.39. The van der Waals surface area contributed by atoms with Crippen LogP contribution in [0.4, 0.5) is 4.39 Å². The van der Waals surface area contributed by atoms with Gasteiger partial charge in [-0.1, -0.05) is 23.7 Å². The normalized spacial score (nSPS) is 13.7. The summed E-state index contributed by atoms with van der Waals surface area (Å²) in [4.78, 5) is 2.85. The van der Waals surface area contributed by atoms with Gasteiger partial charge < -0.3 is 5.73 Å². The molecule has 2 nitrogen and oxygen atoms in total. The number of nitrogens with one attached hydrogen (secondary N) is 1. The molecule has 0 spiro atoms. The first-order valence-electron chi connectivity index (χ1n) is 4.49. The van der Waals surface area contributed by atoms with Crippen LogP contribution in [0.15, 0.2) is 35.0 Å². The van der Waals surface area contributed by atoms with Crippen LogP contribution in [0.25, 0.3) is 0 Å². The van der Waals surface area contributed by atoms with Gasteiger partial charge in [-0.25, -0.2) is 9.38 Å². The lowest BCUT2D eigenvalue weighted by Gasteiger charge is -2.02. The van der Waals surface area contributed by atoms with E-state index in [1.165, 1.54) is 6.07 Å². The van der Waals surface area contributed by atoms with Crippen LogP contribution < -0.4 is 10.7 Å². The zero-order valence-corrected chi connectivity index (χ0v) is 9.40. The Hall–Kier alpha value is -1.35. The highest BCUT2D eigenvalue weighted by Gasteiger charge is 2.18. The fourth-order valence-electron chi connectivity index (χ4n) is 1.22. The van der Waals surface area contributed by atoms with Crippen LogP contribution in [-0.4, -0.2) is 12.8 Å². The molecule has 0 aliphatic carbocycles. The summed E-state index contributed by atoms with van der Waals surface area (Å²) in [6.45, 7) is 1.67. The van der Waals surface area contributed by atoms with Crippen molar-refractivity contribution in [2.45, 2.75) is 6.92 Å². The van der Waals surface area contributed by atoms with Crippen molar-refractivity contribution >= 4 is 17.3 Å². The third kappa shape index (κ3) is 2.57. The second-order valence-corrected chi connectivity index (χ2v) is 3.48. The van der Waals surface area contributed by atoms with Crippen LogP contribution in [-0.2, 0) is 0 Å². The number of nitrogens with two attached hydrogens (primary N) is 1. The van der Waals surface area contributed by atoms with E-state index >= 15 is 0 Å². The summed E-state index contributed by atoms with van der Waals surface area (Å²) >= 11 is 5.98. The van der Waals surface area contributed by atoms with Gasteiger partial charge in [0.15, 0.2) is 0 Å². The fourth-order valence-corrected chi connectivity index (χ4v) is 1.42. The van der Waals surface area contributed by atoms with E-state index in [0.29, 0.717) is 22.0 Å². The summed E-state index contributed by atoms with van der Waals surface area (Å²) in [5, 5.41) is 0.336. The third-order valence-electron chi connectivity index (χ3n) is 1.96. The molecule has 80 valence electrons. The molecule has 0 unspecified atom stereocenters. The lowest BCUT2D eigenvalue weighted by Crippen LogP contribution is -2.68. The van der Waals surface area contributed by atoms with E-state index in [2.05, 4.69) is 4.99 Å². The minimum atomic E-state index is -0.332. The van der Waals surface area contributed by atoms with Crippen LogP contribution in [0.5, 0.6) is 0 Å². The SMILES string of the molecule is C[NH+]=C(C(Cl)=C(C)N)c1ccccc1F. The number of benzene rings is 1. The zero-order chi connectivity index (χ0) is 11.4. The smallest absolute Gasteiger partial charge is 0.228 e. The van der Waals surface area contributed by atoms with Gasteiger partial charge in [0.25, 0.3) is 0 Å². The first-order valence-corrected chi connectivity index (χ1v) is 4.87. The number of hydrogen-bond donors (Lipinski definition) is 2. The Morgan fingerprint density at radius 3 is 2.47 bits per heavy atom. The van der Waals surface area contributed by atoms with Gasteiger partial charge in [-0.2, -0.15) is 0 Å². The maximum atomic E-state index is 13.5. The maximum absolute atomic E-state index is 13.5. The minimum Gasteiger partial charge on any atom is -0.401 e. The van der Waals surface area contributed by atoms with Gasteiger partial charge in [-0.05, 0) is 19.1 Å². The van der Waals surface area contributed by atoms with Crippen molar-refractivity contribution in [2.75, 3.05) is 7.05 Å². The van der Waals surface area contributed by atoms with Crippen molar-refractivity contribution in [1.82, 2.24) is 0 Å². The predicted octanol–water partition coefficient (Wildman–Crippen LogP) is 0.754. The highest BCUT2D eigenvalue weighted by Crippen LogP contribution is 2.14. The van der Waals surface area contributed by atoms with Crippen molar-refractivity contribution in [3.8, 4) is 0 Å². The number of rotatable bonds is 2. The molecule has 15 heavy (non-hydrogen) atoms. The highest BCUT2D eigenvalue weighted by atomic mass is 35.5. The molecule has 4 heteroatoms. The van der Waals surface area contributed by atoms with Crippen LogP contribution in [0, 0.1) is 5.82 Å². The Morgan fingerprint density at radius 2 is 2.00 bits per heavy atom. The number of hydrogen-bond acceptors (Lipinski definition) is 1. The predicted molar refractivity (Wildman–Crippen MR) is 60.1 cm³/mol. The lowest BCUT2D eigenvalue weighted by molar-refractivity contribution is -0.418. The van der Waals surface area contributed by atoms with Crippen LogP contribution in [0.2, 0.25) is 0 Å². The molecule has 0 bridgehead atoms. The molecule has 0 amide bonds. The topological polar surface area (TPSA) is 40.0 Å². The summed E-state index contributed by atoms with van der Waals surface area (Å²) in [5.74, 6) is -0.332. The summed E-state index contributed by atoms with van der Waals surface area (Å²) in [7, 11) is 1.67. The fraction of sp³-hybridized carbons (Fsp3) is 0.182. The first kappa shape index (κ1) is 11.7. The first-order chi connectivity index (χ1) is 7.07. The molecular weight excluding hydrogens is 215 g/mol. The monoisotopic (exact) mass is 227 g/mol. The summed E-state index contributed by atoms with van der Waals surface area (Å²) in [6.07, 6.45) is 0. The lowest BCUT2D eigenvalue weighted by atomic mass is 10.1. The second kappa shape index (κ2) is 4.94. The van der Waals surface area contributed by atoms with Gasteiger partial charge in [0, 0.05) is 5.70 Å². The summed E-state index contributed by atoms with van der Waals surface area (Å²) in [5.41, 5.74) is 6.92. The van der Waals surface area contributed by atoms with E-state index in [0.717, 1.165) is 0 Å². The molecule has 0 saturated carbocycles. The molecule has 1 aromatic carbocycles. The molecular formula is C11H13ClFN2+. The maximum Gasteiger partial charge on any atom is 0.228 e. The third-order valence-corrected chi connectivity index (χ3v) is 2.45. The minimum absolute atomic E-state index is 0.332. The van der Waals surface area contributed by atoms with Gasteiger partial charge in [0.2, 0.25) is 5.71 Å². The van der Waals surface area contributed by atoms with E-state index < -0.39 is 0 Å². The van der Waals surface area contributed by atoms with Crippen LogP contribution in [0.3, 0.4) is 0 Å². The molecule has 0 fully saturated rings. The van der Waals surface area contributed by atoms with E-state index in [9.17, 15) is 4.39 Å². The van der Waals surface area contributed by atoms with E-state index in [1.807, 2.05) is 0 Å². The van der Waals surface area contributed by atoms with Gasteiger partial charge >= 0.3 is 0 Å². The highest BCUT2D eigenvalue weighted by molar-refractivity contribution is 6.45. The van der Waals surface area contributed by atoms with Gasteiger partial charge in [-0.15, -0.1) is 0 Å². The number of allylic oxidation sites excluding steroid dienone is 2. The average Bonchev–Trinajstić information content (AvgIpc) is 2.21. The van der Waals surface area contributed by atoms with E-state index in [-0.39, 0.29) is 5.82 Å². The average molecular weight is 228 g/mol. The van der Waals surface area contributed by atoms with Crippen LogP contribution >= 0.6 is 11.6 Å². The second-order valence-electron chi connectivity index (χ2n) is 3.10. The van der Waals surface area contributed by atoms with Gasteiger partial charge in [0.1, 0.15) is 17.9 Å². The van der Waals surface area contributed by atoms with E-state index in [1.54, 1.807) is 32.2 Å². The molecule has 0 aromatic heterocycles. The standard InChI is InChI=1S/C11H12ClFN2/c1-7(14)10(12)11(15-2)8-5-3-4-6-9(8)13/h3-6H,14H2,1-2H3/p+1. The molecule has 0 radical (unpaired) electrons. The Balaban J connectivity index is 3.28. The Morgan fingerprint density at radius 1 is 1.40 bits per heavy atom. The molecule has 0 atom stereocenters. The van der Waals surface area contributed by atoms with Crippen molar-refractivity contribution in [3.05, 3.63) is 46.4 Å². The molecule has 3 N–H and O–H groups in total. The van der Waals surface area contributed by atoms with Crippen molar-refractivity contribution < 1.29 is 9.38 Å². The number of halogens is 2. The Kier molecular flexibility index (Phi) is 3.86. The molecule has 1 aromatic rings. The van der Waals surface area contributed by atoms with Crippen LogP contribution in [0.1, 0.15) is 12.5 Å². The largest absolute Gasteiger partial charge is 0.401 e. The quantitative estimate of drug-likeness (QED) is 0.720. The summed E-state index contributed by atoms with van der Waals surface area (Å²) < 4.78 is 13.5. The van der Waals surface area contributed by atoms with Gasteiger partial charge in [-0.3, -0.25) is 0 Å². The molecule has 1 rings (SSSR count). The van der Waals surface area contributed by atoms with Crippen molar-refractivity contribution in [3.63, 3.8) is 0 Å². The Labute approximate surface area is 93.3 Å². The molecule has 0 saturated heterocycles. The van der Waals surface area contributed by atoms with Crippen molar-refractivity contribution in [2.24, 2.45) is 5.73 Å². The zero-order valence-electron chi connectivity index (χ0n) is 8.64. The molecule has 0 aliphatic heterocycles. The Bertz CT molecular complexity index is 420. The van der Waals surface area contributed by atoms with Crippen molar-refractivity contribution in [1.29, 1.82) is 0 Å². The molecule has 0 heterocycles. The molecule has 0 aliphatic rings.